The first-order valence-corrected chi connectivity index (χ1v) is 13.5. The molecule has 0 aliphatic carbocycles. The van der Waals surface area contributed by atoms with Crippen LogP contribution >= 0.6 is 11.3 Å². The first-order chi connectivity index (χ1) is 13.7. The Balaban J connectivity index is 1.56. The molecule has 2 aromatic rings. The number of carbonyl (C=O) groups is 1. The van der Waals surface area contributed by atoms with Crippen molar-refractivity contribution in [2.45, 2.75) is 36.6 Å². The van der Waals surface area contributed by atoms with Crippen LogP contribution in [0, 0.1) is 0 Å². The van der Waals surface area contributed by atoms with E-state index in [4.69, 9.17) is 0 Å². The highest BCUT2D eigenvalue weighted by Gasteiger charge is 2.36. The molecular weight excluding hydrogens is 436 g/mol. The second-order valence-corrected chi connectivity index (χ2v) is 12.2. The molecule has 1 aromatic carbocycles. The van der Waals surface area contributed by atoms with E-state index in [1.54, 1.807) is 12.1 Å². The van der Waals surface area contributed by atoms with Gasteiger partial charge in [-0.2, -0.15) is 8.61 Å². The summed E-state index contributed by atoms with van der Waals surface area (Å²) in [6, 6.07) is 3.99. The van der Waals surface area contributed by atoms with E-state index < -0.39 is 32.0 Å². The number of rotatable bonds is 5. The fourth-order valence-corrected chi connectivity index (χ4v) is 7.43. The van der Waals surface area contributed by atoms with Crippen LogP contribution in [-0.2, 0) is 24.8 Å². The molecule has 0 bridgehead atoms. The van der Waals surface area contributed by atoms with Crippen molar-refractivity contribution in [3.05, 3.63) is 18.2 Å². The van der Waals surface area contributed by atoms with Crippen LogP contribution in [0.5, 0.6) is 0 Å². The number of nitrogens with zero attached hydrogens (tertiary/aromatic N) is 3. The number of hydrogen-bond acceptors (Lipinski definition) is 7. The van der Waals surface area contributed by atoms with Gasteiger partial charge in [-0.25, -0.2) is 21.8 Å². The first kappa shape index (κ1) is 20.7. The number of amides is 1. The van der Waals surface area contributed by atoms with E-state index in [1.165, 1.54) is 26.0 Å². The molecule has 1 aromatic heterocycles. The maximum Gasteiger partial charge on any atom is 0.244 e. The highest BCUT2D eigenvalue weighted by Crippen LogP contribution is 2.31. The summed E-state index contributed by atoms with van der Waals surface area (Å²) in [5.74, 6) is -0.420. The summed E-state index contributed by atoms with van der Waals surface area (Å²) in [6.07, 6.45) is 3.91. The molecule has 2 aliphatic heterocycles. The molecular formula is C17H22N4O5S3. The van der Waals surface area contributed by atoms with Crippen molar-refractivity contribution in [1.82, 2.24) is 13.6 Å². The van der Waals surface area contributed by atoms with Crippen LogP contribution in [0.15, 0.2) is 23.1 Å². The maximum absolute atomic E-state index is 12.7. The summed E-state index contributed by atoms with van der Waals surface area (Å²) in [7, 11) is -6.99. The van der Waals surface area contributed by atoms with E-state index in [1.807, 2.05) is 0 Å². The van der Waals surface area contributed by atoms with E-state index in [-0.39, 0.29) is 4.90 Å². The number of sulfonamides is 2. The third-order valence-corrected chi connectivity index (χ3v) is 9.34. The number of benzene rings is 1. The largest absolute Gasteiger partial charge is 0.301 e. The van der Waals surface area contributed by atoms with Crippen LogP contribution in [0.1, 0.15) is 25.7 Å². The Kier molecular flexibility index (Phi) is 5.40. The summed E-state index contributed by atoms with van der Waals surface area (Å²) in [4.78, 5) is 17.2. The van der Waals surface area contributed by atoms with E-state index in [0.29, 0.717) is 47.8 Å². The Hall–Kier alpha value is -1.60. The summed E-state index contributed by atoms with van der Waals surface area (Å²) >= 11 is 1.17. The zero-order valence-electron chi connectivity index (χ0n) is 15.9. The quantitative estimate of drug-likeness (QED) is 0.725. The van der Waals surface area contributed by atoms with Crippen LogP contribution in [-0.4, -0.2) is 68.3 Å². The molecule has 12 heteroatoms. The molecule has 1 atom stereocenters. The third kappa shape index (κ3) is 4.04. The molecule has 1 N–H and O–H groups in total. The van der Waals surface area contributed by atoms with Gasteiger partial charge in [0.2, 0.25) is 26.0 Å². The average molecular weight is 459 g/mol. The zero-order chi connectivity index (χ0) is 20.8. The first-order valence-electron chi connectivity index (χ1n) is 9.35. The van der Waals surface area contributed by atoms with Crippen molar-refractivity contribution in [2.75, 3.05) is 31.2 Å². The third-order valence-electron chi connectivity index (χ3n) is 5.23. The topological polar surface area (TPSA) is 117 Å². The van der Waals surface area contributed by atoms with Gasteiger partial charge in [0.05, 0.1) is 21.4 Å². The number of thiazole rings is 1. The molecule has 1 amide bonds. The van der Waals surface area contributed by atoms with E-state index in [0.717, 1.165) is 19.1 Å². The number of aromatic nitrogens is 1. The second-order valence-electron chi connectivity index (χ2n) is 7.28. The Labute approximate surface area is 173 Å². The standard InChI is InChI=1S/C17H22N4O5S3/c1-28(23,24)21-10-4-5-14(21)16(22)19-17-18-13-7-6-12(11-15(13)27-17)29(25,26)20-8-2-3-9-20/h6-7,11,14H,2-5,8-10H2,1H3,(H,18,19,22). The molecule has 29 heavy (non-hydrogen) atoms. The summed E-state index contributed by atoms with van der Waals surface area (Å²) in [6.45, 7) is 1.39. The normalized spacial score (nSPS) is 21.8. The van der Waals surface area contributed by atoms with Crippen molar-refractivity contribution in [1.29, 1.82) is 0 Å². The van der Waals surface area contributed by atoms with Gasteiger partial charge in [-0.3, -0.25) is 4.79 Å². The summed E-state index contributed by atoms with van der Waals surface area (Å²) < 4.78 is 52.5. The van der Waals surface area contributed by atoms with Crippen molar-refractivity contribution in [2.24, 2.45) is 0 Å². The molecule has 2 saturated heterocycles. The Morgan fingerprint density at radius 1 is 1.14 bits per heavy atom. The molecule has 4 rings (SSSR count). The lowest BCUT2D eigenvalue weighted by Gasteiger charge is -2.20. The minimum Gasteiger partial charge on any atom is -0.301 e. The van der Waals surface area contributed by atoms with Gasteiger partial charge in [0, 0.05) is 19.6 Å². The van der Waals surface area contributed by atoms with E-state index in [9.17, 15) is 21.6 Å². The number of anilines is 1. The van der Waals surface area contributed by atoms with Crippen LogP contribution in [0.2, 0.25) is 0 Å². The molecule has 0 spiro atoms. The van der Waals surface area contributed by atoms with Crippen LogP contribution in [0.25, 0.3) is 10.2 Å². The van der Waals surface area contributed by atoms with Gasteiger partial charge in [-0.1, -0.05) is 11.3 Å². The van der Waals surface area contributed by atoms with E-state index >= 15 is 0 Å². The van der Waals surface area contributed by atoms with Gasteiger partial charge in [0.1, 0.15) is 6.04 Å². The van der Waals surface area contributed by atoms with Crippen LogP contribution in [0.4, 0.5) is 5.13 Å². The van der Waals surface area contributed by atoms with Crippen molar-refractivity contribution in [3.63, 3.8) is 0 Å². The van der Waals surface area contributed by atoms with E-state index in [2.05, 4.69) is 10.3 Å². The van der Waals surface area contributed by atoms with Crippen molar-refractivity contribution in [3.8, 4) is 0 Å². The molecule has 0 saturated carbocycles. The molecule has 9 nitrogen and oxygen atoms in total. The van der Waals surface area contributed by atoms with Crippen LogP contribution in [0.3, 0.4) is 0 Å². The Morgan fingerprint density at radius 3 is 2.55 bits per heavy atom. The number of carbonyl (C=O) groups excluding carboxylic acids is 1. The number of hydrogen-bond donors (Lipinski definition) is 1. The fraction of sp³-hybridized carbons (Fsp3) is 0.529. The van der Waals surface area contributed by atoms with Gasteiger partial charge < -0.3 is 5.32 Å². The summed E-state index contributed by atoms with van der Waals surface area (Å²) in [5.41, 5.74) is 0.581. The predicted octanol–water partition coefficient (Wildman–Crippen LogP) is 1.44. The lowest BCUT2D eigenvalue weighted by molar-refractivity contribution is -0.119. The fourth-order valence-electron chi connectivity index (χ4n) is 3.78. The minimum absolute atomic E-state index is 0.215. The SMILES string of the molecule is CS(=O)(=O)N1CCCC1C(=O)Nc1nc2ccc(S(=O)(=O)N3CCCC3)cc2s1. The lowest BCUT2D eigenvalue weighted by Crippen LogP contribution is -2.42. The molecule has 0 radical (unpaired) electrons. The van der Waals surface area contributed by atoms with Crippen LogP contribution < -0.4 is 5.32 Å². The Morgan fingerprint density at radius 2 is 1.86 bits per heavy atom. The highest BCUT2D eigenvalue weighted by atomic mass is 32.2. The van der Waals surface area contributed by atoms with Gasteiger partial charge in [-0.05, 0) is 43.9 Å². The molecule has 2 aliphatic rings. The second kappa shape index (κ2) is 7.58. The zero-order valence-corrected chi connectivity index (χ0v) is 18.3. The smallest absolute Gasteiger partial charge is 0.244 e. The monoisotopic (exact) mass is 458 g/mol. The molecule has 158 valence electrons. The van der Waals surface area contributed by atoms with Gasteiger partial charge in [0.15, 0.2) is 5.13 Å². The number of nitrogens with one attached hydrogen (secondary N) is 1. The molecule has 1 unspecified atom stereocenters. The van der Waals surface area contributed by atoms with Crippen molar-refractivity contribution >= 4 is 52.6 Å². The van der Waals surface area contributed by atoms with Gasteiger partial charge in [0.25, 0.3) is 0 Å². The van der Waals surface area contributed by atoms with Gasteiger partial charge >= 0.3 is 0 Å². The molecule has 3 heterocycles. The van der Waals surface area contributed by atoms with Crippen molar-refractivity contribution < 1.29 is 21.6 Å². The summed E-state index contributed by atoms with van der Waals surface area (Å²) in [5, 5.41) is 3.01. The minimum atomic E-state index is -3.53. The predicted molar refractivity (Wildman–Crippen MR) is 111 cm³/mol. The highest BCUT2D eigenvalue weighted by molar-refractivity contribution is 7.89. The van der Waals surface area contributed by atoms with Gasteiger partial charge in [-0.15, -0.1) is 0 Å². The number of fused-ring (bicyclic) bond motifs is 1. The lowest BCUT2D eigenvalue weighted by atomic mass is 10.2. The molecule has 2 fully saturated rings. The average Bonchev–Trinajstić information content (AvgIpc) is 3.39. The Bertz CT molecular complexity index is 1150. The maximum atomic E-state index is 12.7.